The van der Waals surface area contributed by atoms with E-state index in [-0.39, 0.29) is 22.9 Å². The van der Waals surface area contributed by atoms with Crippen molar-refractivity contribution >= 4 is 29.3 Å². The summed E-state index contributed by atoms with van der Waals surface area (Å²) in [6.45, 7) is 3.52. The summed E-state index contributed by atoms with van der Waals surface area (Å²) < 4.78 is 10.3. The highest BCUT2D eigenvalue weighted by Gasteiger charge is 2.12. The van der Waals surface area contributed by atoms with Gasteiger partial charge in [0.1, 0.15) is 5.75 Å². The zero-order valence-electron chi connectivity index (χ0n) is 12.2. The normalized spacial score (nSPS) is 10.3. The van der Waals surface area contributed by atoms with E-state index in [4.69, 9.17) is 9.15 Å². The van der Waals surface area contributed by atoms with Gasteiger partial charge in [-0.15, -0.1) is 10.2 Å². The van der Waals surface area contributed by atoms with E-state index in [1.54, 1.807) is 31.2 Å². The van der Waals surface area contributed by atoms with Crippen LogP contribution < -0.4 is 5.32 Å². The number of benzene rings is 1. The lowest BCUT2D eigenvalue weighted by Gasteiger charge is -2.02. The molecule has 116 valence electrons. The summed E-state index contributed by atoms with van der Waals surface area (Å²) in [6, 6.07) is 7.06. The third-order valence-corrected chi connectivity index (χ3v) is 3.25. The van der Waals surface area contributed by atoms with Gasteiger partial charge in [0.05, 0.1) is 6.61 Å². The summed E-state index contributed by atoms with van der Waals surface area (Å²) in [5.74, 6) is -0.0617. The minimum Gasteiger partial charge on any atom is -0.465 e. The average molecular weight is 321 g/mol. The number of nitrogens with one attached hydrogen (secondary N) is 1. The number of hydrogen-bond acceptors (Lipinski definition) is 7. The molecule has 0 saturated carbocycles. The number of thioether (sulfide) groups is 1. The molecule has 1 aromatic heterocycles. The molecule has 1 N–H and O–H groups in total. The van der Waals surface area contributed by atoms with Crippen LogP contribution in [-0.4, -0.2) is 34.4 Å². The quantitative estimate of drug-likeness (QED) is 0.644. The largest absolute Gasteiger partial charge is 0.465 e. The third kappa shape index (κ3) is 4.59. The lowest BCUT2D eigenvalue weighted by molar-refractivity contribution is -0.139. The number of aromatic nitrogens is 2. The van der Waals surface area contributed by atoms with Crippen LogP contribution in [0.3, 0.4) is 0 Å². The lowest BCUT2D eigenvalue weighted by Crippen LogP contribution is -2.06. The van der Waals surface area contributed by atoms with E-state index in [9.17, 15) is 9.59 Å². The van der Waals surface area contributed by atoms with Gasteiger partial charge in [-0.2, -0.15) is 0 Å². The number of carbonyl (C=O) groups excluding carboxylic acids is 2. The minimum absolute atomic E-state index is 0.113. The molecule has 0 fully saturated rings. The maximum Gasteiger partial charge on any atom is 0.316 e. The molecular weight excluding hydrogens is 306 g/mol. The van der Waals surface area contributed by atoms with Gasteiger partial charge in [-0.05, 0) is 25.1 Å². The van der Waals surface area contributed by atoms with Gasteiger partial charge in [0.15, 0.2) is 0 Å². The average Bonchev–Trinajstić information content (AvgIpc) is 2.94. The van der Waals surface area contributed by atoms with Crippen molar-refractivity contribution in [2.45, 2.75) is 19.1 Å². The molecule has 0 aliphatic heterocycles. The Labute approximate surface area is 131 Å². The number of hydrogen-bond donors (Lipinski definition) is 1. The van der Waals surface area contributed by atoms with Gasteiger partial charge in [-0.25, -0.2) is 0 Å². The maximum absolute atomic E-state index is 11.3. The molecule has 7 nitrogen and oxygen atoms in total. The molecule has 1 aromatic carbocycles. The first-order valence-electron chi connectivity index (χ1n) is 6.58. The summed E-state index contributed by atoms with van der Waals surface area (Å²) in [5.41, 5.74) is 1.32. The molecule has 0 bridgehead atoms. The van der Waals surface area contributed by atoms with Crippen LogP contribution >= 0.6 is 11.8 Å². The summed E-state index contributed by atoms with van der Waals surface area (Å²) in [7, 11) is 0. The number of amides is 1. The molecule has 0 atom stereocenters. The summed E-state index contributed by atoms with van der Waals surface area (Å²) in [6.07, 6.45) is 0. The highest BCUT2D eigenvalue weighted by atomic mass is 32.2. The van der Waals surface area contributed by atoms with Crippen molar-refractivity contribution in [3.05, 3.63) is 24.3 Å². The topological polar surface area (TPSA) is 94.3 Å². The molecule has 0 aliphatic rings. The highest BCUT2D eigenvalue weighted by molar-refractivity contribution is 7.99. The molecule has 0 spiro atoms. The summed E-state index contributed by atoms with van der Waals surface area (Å²) in [4.78, 5) is 22.3. The fraction of sp³-hybridized carbons (Fsp3) is 0.286. The Balaban J connectivity index is 2.04. The van der Waals surface area contributed by atoms with Crippen molar-refractivity contribution in [1.29, 1.82) is 0 Å². The van der Waals surface area contributed by atoms with Crippen LogP contribution in [0.5, 0.6) is 0 Å². The molecule has 2 rings (SSSR count). The minimum atomic E-state index is -0.333. The number of esters is 1. The number of carbonyl (C=O) groups is 2. The first-order chi connectivity index (χ1) is 10.6. The van der Waals surface area contributed by atoms with Gasteiger partial charge in [-0.3, -0.25) is 9.59 Å². The molecule has 1 amide bonds. The van der Waals surface area contributed by atoms with E-state index >= 15 is 0 Å². The number of anilines is 1. The summed E-state index contributed by atoms with van der Waals surface area (Å²) in [5, 5.41) is 10.8. The van der Waals surface area contributed by atoms with Crippen LogP contribution in [0, 0.1) is 0 Å². The van der Waals surface area contributed by atoms with Crippen LogP contribution in [0.2, 0.25) is 0 Å². The Hall–Kier alpha value is -2.35. The van der Waals surface area contributed by atoms with Gasteiger partial charge in [-0.1, -0.05) is 17.8 Å². The van der Waals surface area contributed by atoms with E-state index in [0.717, 1.165) is 11.8 Å². The Bertz CT molecular complexity index is 672. The molecular formula is C14H15N3O4S. The van der Waals surface area contributed by atoms with Crippen LogP contribution in [-0.2, 0) is 14.3 Å². The van der Waals surface area contributed by atoms with Crippen LogP contribution in [0.25, 0.3) is 11.5 Å². The molecule has 0 aliphatic carbocycles. The maximum atomic E-state index is 11.3. The smallest absolute Gasteiger partial charge is 0.316 e. The lowest BCUT2D eigenvalue weighted by atomic mass is 10.2. The summed E-state index contributed by atoms with van der Waals surface area (Å²) >= 11 is 1.11. The van der Waals surface area contributed by atoms with Gasteiger partial charge in [0.2, 0.25) is 11.8 Å². The molecule has 0 saturated heterocycles. The zero-order valence-corrected chi connectivity index (χ0v) is 13.0. The second-order valence-corrected chi connectivity index (χ2v) is 5.16. The van der Waals surface area contributed by atoms with Gasteiger partial charge < -0.3 is 14.5 Å². The van der Waals surface area contributed by atoms with Crippen LogP contribution in [0.1, 0.15) is 13.8 Å². The number of nitrogens with zero attached hydrogens (tertiary/aromatic N) is 2. The third-order valence-electron chi connectivity index (χ3n) is 2.46. The highest BCUT2D eigenvalue weighted by Crippen LogP contribution is 2.25. The van der Waals surface area contributed by atoms with E-state index in [1.807, 2.05) is 0 Å². The van der Waals surface area contributed by atoms with Gasteiger partial charge >= 0.3 is 5.97 Å². The Kier molecular flexibility index (Phi) is 5.54. The zero-order chi connectivity index (χ0) is 15.9. The molecule has 0 unspecified atom stereocenters. The van der Waals surface area contributed by atoms with Crippen molar-refractivity contribution in [3.8, 4) is 11.5 Å². The van der Waals surface area contributed by atoms with Gasteiger partial charge in [0.25, 0.3) is 5.22 Å². The number of rotatable bonds is 6. The SMILES string of the molecule is CCOC(=O)CSc1nnc(-c2cccc(NC(C)=O)c2)o1. The molecule has 8 heteroatoms. The monoisotopic (exact) mass is 321 g/mol. The Morgan fingerprint density at radius 3 is 2.91 bits per heavy atom. The Morgan fingerprint density at radius 1 is 1.36 bits per heavy atom. The number of ether oxygens (including phenoxy) is 1. The van der Waals surface area contributed by atoms with Crippen molar-refractivity contribution in [3.63, 3.8) is 0 Å². The van der Waals surface area contributed by atoms with Crippen molar-refractivity contribution < 1.29 is 18.7 Å². The van der Waals surface area contributed by atoms with E-state index in [0.29, 0.717) is 23.7 Å². The molecule has 2 aromatic rings. The predicted octanol–water partition coefficient (Wildman–Crippen LogP) is 2.35. The van der Waals surface area contributed by atoms with E-state index in [2.05, 4.69) is 15.5 Å². The first kappa shape index (κ1) is 16.0. The fourth-order valence-corrected chi connectivity index (χ4v) is 2.20. The second-order valence-electron chi connectivity index (χ2n) is 4.23. The van der Waals surface area contributed by atoms with Crippen molar-refractivity contribution in [1.82, 2.24) is 10.2 Å². The van der Waals surface area contributed by atoms with E-state index in [1.165, 1.54) is 6.92 Å². The van der Waals surface area contributed by atoms with Crippen LogP contribution in [0.15, 0.2) is 33.9 Å². The first-order valence-corrected chi connectivity index (χ1v) is 7.57. The van der Waals surface area contributed by atoms with Crippen LogP contribution in [0.4, 0.5) is 5.69 Å². The molecule has 0 radical (unpaired) electrons. The molecule has 1 heterocycles. The van der Waals surface area contributed by atoms with Crippen molar-refractivity contribution in [2.24, 2.45) is 0 Å². The fourth-order valence-electron chi connectivity index (χ4n) is 1.64. The van der Waals surface area contributed by atoms with E-state index < -0.39 is 0 Å². The molecule has 22 heavy (non-hydrogen) atoms. The predicted molar refractivity (Wildman–Crippen MR) is 81.4 cm³/mol. The van der Waals surface area contributed by atoms with Crippen molar-refractivity contribution in [2.75, 3.05) is 17.7 Å². The standard InChI is InChI=1S/C14H15N3O4S/c1-3-20-12(19)8-22-14-17-16-13(21-14)10-5-4-6-11(7-10)15-9(2)18/h4-7H,3,8H2,1-2H3,(H,15,18). The second kappa shape index (κ2) is 7.60. The van der Waals surface area contributed by atoms with Gasteiger partial charge in [0, 0.05) is 18.2 Å². The Morgan fingerprint density at radius 2 is 2.18 bits per heavy atom.